The quantitative estimate of drug-likeness (QED) is 0.760. The number of pyridine rings is 1. The Balaban J connectivity index is 2.41. The molecule has 0 amide bonds. The first kappa shape index (κ1) is 11.1. The molecule has 3 heteroatoms. The topological polar surface area (TPSA) is 36.7 Å². The van der Waals surface area contributed by atoms with Gasteiger partial charge in [-0.3, -0.25) is 4.98 Å². The normalized spacial score (nSPS) is 10.1. The van der Waals surface area contributed by atoms with Crippen LogP contribution >= 0.6 is 11.8 Å². The van der Waals surface area contributed by atoms with Crippen LogP contribution in [-0.2, 0) is 5.75 Å². The minimum Gasteiger partial charge on any atom is -0.259 e. The molecule has 1 heterocycles. The van der Waals surface area contributed by atoms with Gasteiger partial charge in [-0.1, -0.05) is 13.8 Å². The molecule has 14 heavy (non-hydrogen) atoms. The molecule has 0 fully saturated rings. The van der Waals surface area contributed by atoms with E-state index < -0.39 is 0 Å². The first-order valence-electron chi connectivity index (χ1n) is 4.65. The van der Waals surface area contributed by atoms with Gasteiger partial charge in [-0.05, 0) is 23.8 Å². The van der Waals surface area contributed by atoms with Crippen LogP contribution in [0.15, 0.2) is 18.3 Å². The van der Waals surface area contributed by atoms with Crippen LogP contribution in [0.4, 0.5) is 0 Å². The summed E-state index contributed by atoms with van der Waals surface area (Å²) in [7, 11) is 0. The standard InChI is InChI=1S/C11H14N2S/c1-9(2)7-14-8-11-4-3-10(5-12)6-13-11/h3-4,6,9H,7-8H2,1-2H3. The molecule has 1 aromatic heterocycles. The average molecular weight is 206 g/mol. The average Bonchev–Trinajstić information content (AvgIpc) is 2.18. The molecule has 0 aromatic carbocycles. The van der Waals surface area contributed by atoms with E-state index in [9.17, 15) is 0 Å². The lowest BCUT2D eigenvalue weighted by Crippen LogP contribution is -1.93. The molecule has 0 spiro atoms. The van der Waals surface area contributed by atoms with Crippen molar-refractivity contribution in [2.45, 2.75) is 19.6 Å². The molecule has 0 saturated carbocycles. The van der Waals surface area contributed by atoms with Crippen LogP contribution in [0.25, 0.3) is 0 Å². The molecule has 0 aliphatic heterocycles. The largest absolute Gasteiger partial charge is 0.259 e. The van der Waals surface area contributed by atoms with Crippen LogP contribution in [0.2, 0.25) is 0 Å². The maximum Gasteiger partial charge on any atom is 0.101 e. The van der Waals surface area contributed by atoms with Crippen molar-refractivity contribution >= 4 is 11.8 Å². The molecule has 0 bridgehead atoms. The second-order valence-electron chi connectivity index (χ2n) is 3.56. The zero-order valence-electron chi connectivity index (χ0n) is 8.53. The summed E-state index contributed by atoms with van der Waals surface area (Å²) in [6.07, 6.45) is 1.63. The summed E-state index contributed by atoms with van der Waals surface area (Å²) >= 11 is 1.88. The number of nitrogens with zero attached hydrogens (tertiary/aromatic N) is 2. The van der Waals surface area contributed by atoms with E-state index in [0.717, 1.165) is 23.1 Å². The van der Waals surface area contributed by atoms with Crippen molar-refractivity contribution in [1.29, 1.82) is 5.26 Å². The summed E-state index contributed by atoms with van der Waals surface area (Å²) in [6.45, 7) is 4.42. The maximum absolute atomic E-state index is 8.58. The molecule has 1 aromatic rings. The Kier molecular flexibility index (Phi) is 4.48. The van der Waals surface area contributed by atoms with Crippen molar-refractivity contribution in [2.24, 2.45) is 5.92 Å². The molecule has 74 valence electrons. The number of rotatable bonds is 4. The van der Waals surface area contributed by atoms with Crippen molar-refractivity contribution in [1.82, 2.24) is 4.98 Å². The van der Waals surface area contributed by atoms with E-state index in [4.69, 9.17) is 5.26 Å². The highest BCUT2D eigenvalue weighted by molar-refractivity contribution is 7.98. The molecule has 0 unspecified atom stereocenters. The van der Waals surface area contributed by atoms with Gasteiger partial charge < -0.3 is 0 Å². The van der Waals surface area contributed by atoms with Gasteiger partial charge in [0.15, 0.2) is 0 Å². The molecular weight excluding hydrogens is 192 g/mol. The van der Waals surface area contributed by atoms with Crippen LogP contribution in [0.1, 0.15) is 25.1 Å². The second-order valence-corrected chi connectivity index (χ2v) is 4.59. The van der Waals surface area contributed by atoms with Crippen LogP contribution < -0.4 is 0 Å². The monoisotopic (exact) mass is 206 g/mol. The first-order valence-corrected chi connectivity index (χ1v) is 5.80. The minimum absolute atomic E-state index is 0.627. The predicted octanol–water partition coefficient (Wildman–Crippen LogP) is 2.84. The Hall–Kier alpha value is -1.01. The molecule has 2 nitrogen and oxygen atoms in total. The number of hydrogen-bond acceptors (Lipinski definition) is 3. The zero-order chi connectivity index (χ0) is 10.4. The molecule has 0 atom stereocenters. The van der Waals surface area contributed by atoms with Crippen LogP contribution in [0.5, 0.6) is 0 Å². The fourth-order valence-electron chi connectivity index (χ4n) is 0.975. The van der Waals surface area contributed by atoms with Gasteiger partial charge in [-0.15, -0.1) is 0 Å². The van der Waals surface area contributed by atoms with Gasteiger partial charge >= 0.3 is 0 Å². The van der Waals surface area contributed by atoms with E-state index in [1.54, 1.807) is 6.20 Å². The van der Waals surface area contributed by atoms with Crippen LogP contribution in [0.3, 0.4) is 0 Å². The van der Waals surface area contributed by atoms with Crippen LogP contribution in [0, 0.1) is 17.2 Å². The Bertz CT molecular complexity index is 311. The molecule has 0 N–H and O–H groups in total. The van der Waals surface area contributed by atoms with Crippen molar-refractivity contribution in [3.63, 3.8) is 0 Å². The molecule has 0 radical (unpaired) electrons. The third kappa shape index (κ3) is 3.80. The fraction of sp³-hybridized carbons (Fsp3) is 0.455. The van der Waals surface area contributed by atoms with Gasteiger partial charge in [0, 0.05) is 11.9 Å². The second kappa shape index (κ2) is 5.66. The van der Waals surface area contributed by atoms with E-state index in [2.05, 4.69) is 24.9 Å². The lowest BCUT2D eigenvalue weighted by molar-refractivity contribution is 0.750. The van der Waals surface area contributed by atoms with Gasteiger partial charge in [0.1, 0.15) is 6.07 Å². The summed E-state index contributed by atoms with van der Waals surface area (Å²) in [5, 5.41) is 8.58. The van der Waals surface area contributed by atoms with Gasteiger partial charge in [-0.25, -0.2) is 0 Å². The van der Waals surface area contributed by atoms with Gasteiger partial charge in [0.2, 0.25) is 0 Å². The van der Waals surface area contributed by atoms with Gasteiger partial charge in [0.05, 0.1) is 11.3 Å². The van der Waals surface area contributed by atoms with Crippen LogP contribution in [-0.4, -0.2) is 10.7 Å². The Labute approximate surface area is 89.4 Å². The van der Waals surface area contributed by atoms with Crippen molar-refractivity contribution in [3.05, 3.63) is 29.6 Å². The minimum atomic E-state index is 0.627. The fourth-order valence-corrected chi connectivity index (χ4v) is 1.94. The molecule has 1 rings (SSSR count). The van der Waals surface area contributed by atoms with E-state index in [-0.39, 0.29) is 0 Å². The number of thioether (sulfide) groups is 1. The number of aromatic nitrogens is 1. The number of hydrogen-bond donors (Lipinski definition) is 0. The molecule has 0 aliphatic carbocycles. The Morgan fingerprint density at radius 2 is 2.29 bits per heavy atom. The van der Waals surface area contributed by atoms with E-state index in [1.165, 1.54) is 0 Å². The predicted molar refractivity (Wildman–Crippen MR) is 60.0 cm³/mol. The van der Waals surface area contributed by atoms with Gasteiger partial charge in [-0.2, -0.15) is 17.0 Å². The third-order valence-electron chi connectivity index (χ3n) is 1.65. The van der Waals surface area contributed by atoms with E-state index >= 15 is 0 Å². The van der Waals surface area contributed by atoms with Crippen molar-refractivity contribution < 1.29 is 0 Å². The summed E-state index contributed by atoms with van der Waals surface area (Å²) in [5.41, 5.74) is 1.68. The number of nitriles is 1. The molecule has 0 aliphatic rings. The summed E-state index contributed by atoms with van der Waals surface area (Å²) in [4.78, 5) is 4.20. The highest BCUT2D eigenvalue weighted by atomic mass is 32.2. The van der Waals surface area contributed by atoms with E-state index in [1.807, 2.05) is 23.9 Å². The third-order valence-corrected chi connectivity index (χ3v) is 3.06. The molecular formula is C11H14N2S. The summed E-state index contributed by atoms with van der Waals surface area (Å²) < 4.78 is 0. The van der Waals surface area contributed by atoms with E-state index in [0.29, 0.717) is 5.56 Å². The summed E-state index contributed by atoms with van der Waals surface area (Å²) in [5.74, 6) is 2.81. The Morgan fingerprint density at radius 3 is 2.79 bits per heavy atom. The zero-order valence-corrected chi connectivity index (χ0v) is 9.34. The highest BCUT2D eigenvalue weighted by Gasteiger charge is 1.98. The van der Waals surface area contributed by atoms with Gasteiger partial charge in [0.25, 0.3) is 0 Å². The molecule has 0 saturated heterocycles. The van der Waals surface area contributed by atoms with Crippen molar-refractivity contribution in [3.8, 4) is 6.07 Å². The lowest BCUT2D eigenvalue weighted by atomic mass is 10.3. The first-order chi connectivity index (χ1) is 6.72. The smallest absolute Gasteiger partial charge is 0.101 e. The maximum atomic E-state index is 8.58. The SMILES string of the molecule is CC(C)CSCc1ccc(C#N)cn1. The Morgan fingerprint density at radius 1 is 1.50 bits per heavy atom. The highest BCUT2D eigenvalue weighted by Crippen LogP contribution is 2.13. The van der Waals surface area contributed by atoms with Crippen molar-refractivity contribution in [2.75, 3.05) is 5.75 Å². The summed E-state index contributed by atoms with van der Waals surface area (Å²) in [6, 6.07) is 5.80. The lowest BCUT2D eigenvalue weighted by Gasteiger charge is -2.03.